The number of anilines is 1. The highest BCUT2D eigenvalue weighted by atomic mass is 35.5. The van der Waals surface area contributed by atoms with Gasteiger partial charge in [0.25, 0.3) is 0 Å². The molecule has 0 fully saturated rings. The summed E-state index contributed by atoms with van der Waals surface area (Å²) < 4.78 is 5.21. The lowest BCUT2D eigenvalue weighted by atomic mass is 10.1. The Bertz CT molecular complexity index is 544. The third kappa shape index (κ3) is 1.75. The number of benzene rings is 1. The summed E-state index contributed by atoms with van der Waals surface area (Å²) in [5.41, 5.74) is 4.17. The van der Waals surface area contributed by atoms with Gasteiger partial charge in [-0.3, -0.25) is 0 Å². The molecule has 84 valence electrons. The van der Waals surface area contributed by atoms with E-state index in [0.717, 1.165) is 16.7 Å². The number of halogens is 1. The van der Waals surface area contributed by atoms with Crippen LogP contribution in [0.3, 0.4) is 0 Å². The summed E-state index contributed by atoms with van der Waals surface area (Å²) >= 11 is 5.78. The van der Waals surface area contributed by atoms with E-state index in [1.165, 1.54) is 0 Å². The second-order valence-electron chi connectivity index (χ2n) is 3.32. The van der Waals surface area contributed by atoms with Gasteiger partial charge in [-0.25, -0.2) is 10.8 Å². The molecule has 5 nitrogen and oxygen atoms in total. The molecule has 0 bridgehead atoms. The highest BCUT2D eigenvalue weighted by molar-refractivity contribution is 6.28. The lowest BCUT2D eigenvalue weighted by Crippen LogP contribution is -2.09. The van der Waals surface area contributed by atoms with Crippen LogP contribution < -0.4 is 16.0 Å². The molecule has 0 atom stereocenters. The number of nitrogens with zero attached hydrogens (tertiary/aromatic N) is 2. The largest absolute Gasteiger partial charge is 0.496 e. The average molecular weight is 239 g/mol. The predicted molar refractivity (Wildman–Crippen MR) is 63.6 cm³/mol. The van der Waals surface area contributed by atoms with Crippen LogP contribution in [0.2, 0.25) is 5.28 Å². The van der Waals surface area contributed by atoms with E-state index in [1.54, 1.807) is 13.2 Å². The third-order valence-electron chi connectivity index (χ3n) is 2.32. The number of aryl methyl sites for hydroxylation is 1. The Hall–Kier alpha value is -1.59. The van der Waals surface area contributed by atoms with Crippen LogP contribution in [0.15, 0.2) is 12.1 Å². The topological polar surface area (TPSA) is 73.1 Å². The summed E-state index contributed by atoms with van der Waals surface area (Å²) in [5, 5.41) is 0.955. The fourth-order valence-electron chi connectivity index (χ4n) is 1.57. The summed E-state index contributed by atoms with van der Waals surface area (Å²) in [4.78, 5) is 8.11. The summed E-state index contributed by atoms with van der Waals surface area (Å²) in [6, 6.07) is 3.71. The molecule has 0 aliphatic carbocycles. The van der Waals surface area contributed by atoms with E-state index in [1.807, 2.05) is 13.0 Å². The van der Waals surface area contributed by atoms with Crippen molar-refractivity contribution < 1.29 is 4.74 Å². The van der Waals surface area contributed by atoms with Crippen LogP contribution in [0.4, 0.5) is 5.82 Å². The molecule has 0 aliphatic heterocycles. The van der Waals surface area contributed by atoms with Crippen molar-refractivity contribution in [1.82, 2.24) is 9.97 Å². The van der Waals surface area contributed by atoms with E-state index in [9.17, 15) is 0 Å². The van der Waals surface area contributed by atoms with Crippen LogP contribution in [0.1, 0.15) is 5.56 Å². The fourth-order valence-corrected chi connectivity index (χ4v) is 1.74. The number of aromatic nitrogens is 2. The number of hydrogen-bond donors (Lipinski definition) is 2. The molecule has 0 unspecified atom stereocenters. The monoisotopic (exact) mass is 238 g/mol. The van der Waals surface area contributed by atoms with E-state index >= 15 is 0 Å². The van der Waals surface area contributed by atoms with Crippen molar-refractivity contribution in [2.75, 3.05) is 12.5 Å². The maximum Gasteiger partial charge on any atom is 0.224 e. The highest BCUT2D eigenvalue weighted by Crippen LogP contribution is 2.28. The maximum atomic E-state index is 5.78. The quantitative estimate of drug-likeness (QED) is 0.475. The molecule has 6 heteroatoms. The van der Waals surface area contributed by atoms with Crippen LogP contribution in [-0.2, 0) is 0 Å². The van der Waals surface area contributed by atoms with Crippen molar-refractivity contribution in [1.29, 1.82) is 0 Å². The van der Waals surface area contributed by atoms with Gasteiger partial charge < -0.3 is 10.2 Å². The number of nitrogen functional groups attached to an aromatic ring is 1. The Morgan fingerprint density at radius 3 is 2.75 bits per heavy atom. The van der Waals surface area contributed by atoms with Gasteiger partial charge in [0.1, 0.15) is 5.75 Å². The van der Waals surface area contributed by atoms with Crippen LogP contribution in [0.25, 0.3) is 10.9 Å². The van der Waals surface area contributed by atoms with Gasteiger partial charge in [-0.2, -0.15) is 4.98 Å². The zero-order valence-corrected chi connectivity index (χ0v) is 9.67. The predicted octanol–water partition coefficient (Wildman–Crippen LogP) is 1.89. The molecule has 1 heterocycles. The number of fused-ring (bicyclic) bond motifs is 1. The number of rotatable bonds is 2. The molecule has 2 aromatic rings. The van der Waals surface area contributed by atoms with Crippen molar-refractivity contribution in [3.05, 3.63) is 23.0 Å². The van der Waals surface area contributed by atoms with Gasteiger partial charge in [-0.1, -0.05) is 0 Å². The van der Waals surface area contributed by atoms with E-state index in [0.29, 0.717) is 11.3 Å². The molecule has 0 aliphatic rings. The minimum Gasteiger partial charge on any atom is -0.496 e. The first-order valence-electron chi connectivity index (χ1n) is 4.64. The zero-order chi connectivity index (χ0) is 11.7. The molecule has 0 radical (unpaired) electrons. The van der Waals surface area contributed by atoms with Gasteiger partial charge in [0.2, 0.25) is 5.28 Å². The van der Waals surface area contributed by atoms with Crippen LogP contribution in [0, 0.1) is 6.92 Å². The summed E-state index contributed by atoms with van der Waals surface area (Å²) in [7, 11) is 1.61. The maximum absolute atomic E-state index is 5.78. The smallest absolute Gasteiger partial charge is 0.224 e. The van der Waals surface area contributed by atoms with Gasteiger partial charge in [0, 0.05) is 11.5 Å². The SMILES string of the molecule is COc1cc2nc(Cl)nc(NN)c2cc1C. The van der Waals surface area contributed by atoms with Crippen LogP contribution in [0.5, 0.6) is 5.75 Å². The van der Waals surface area contributed by atoms with Crippen molar-refractivity contribution in [3.63, 3.8) is 0 Å². The Balaban J connectivity index is 2.79. The van der Waals surface area contributed by atoms with Gasteiger partial charge in [0.05, 0.1) is 12.6 Å². The molecule has 0 saturated carbocycles. The number of ether oxygens (including phenoxy) is 1. The van der Waals surface area contributed by atoms with Gasteiger partial charge >= 0.3 is 0 Å². The molecule has 3 N–H and O–H groups in total. The standard InChI is InChI=1S/C10H11ClN4O/c1-5-3-6-7(4-8(5)16-2)13-10(11)14-9(6)15-12/h3-4H,12H2,1-2H3,(H,13,14,15). The van der Waals surface area contributed by atoms with Crippen molar-refractivity contribution in [3.8, 4) is 5.75 Å². The van der Waals surface area contributed by atoms with Crippen molar-refractivity contribution in [2.45, 2.75) is 6.92 Å². The van der Waals surface area contributed by atoms with E-state index < -0.39 is 0 Å². The first kappa shape index (κ1) is 10.9. The first-order valence-corrected chi connectivity index (χ1v) is 5.02. The lowest BCUT2D eigenvalue weighted by molar-refractivity contribution is 0.412. The van der Waals surface area contributed by atoms with Gasteiger partial charge in [0.15, 0.2) is 5.82 Å². The third-order valence-corrected chi connectivity index (χ3v) is 2.49. The van der Waals surface area contributed by atoms with Gasteiger partial charge in [-0.05, 0) is 30.2 Å². The summed E-state index contributed by atoms with van der Waals surface area (Å²) in [6.45, 7) is 1.94. The molecule has 1 aromatic heterocycles. The molecular weight excluding hydrogens is 228 g/mol. The number of methoxy groups -OCH3 is 1. The Morgan fingerprint density at radius 2 is 2.12 bits per heavy atom. The molecule has 16 heavy (non-hydrogen) atoms. The van der Waals surface area contributed by atoms with Crippen LogP contribution >= 0.6 is 11.6 Å². The number of hydrogen-bond acceptors (Lipinski definition) is 5. The molecule has 0 spiro atoms. The zero-order valence-electron chi connectivity index (χ0n) is 8.91. The number of nitrogens with two attached hydrogens (primary N) is 1. The fraction of sp³-hybridized carbons (Fsp3) is 0.200. The average Bonchev–Trinajstić information content (AvgIpc) is 2.28. The molecule has 0 amide bonds. The second-order valence-corrected chi connectivity index (χ2v) is 3.66. The van der Waals surface area contributed by atoms with E-state index in [2.05, 4.69) is 15.4 Å². The lowest BCUT2D eigenvalue weighted by Gasteiger charge is -2.09. The minimum atomic E-state index is 0.145. The highest BCUT2D eigenvalue weighted by Gasteiger charge is 2.09. The molecule has 0 saturated heterocycles. The van der Waals surface area contributed by atoms with Crippen molar-refractivity contribution in [2.24, 2.45) is 5.84 Å². The molecule has 1 aromatic carbocycles. The second kappa shape index (κ2) is 4.11. The number of hydrazine groups is 1. The minimum absolute atomic E-state index is 0.145. The normalized spacial score (nSPS) is 10.5. The molecular formula is C10H11ClN4O. The van der Waals surface area contributed by atoms with Crippen LogP contribution in [-0.4, -0.2) is 17.1 Å². The van der Waals surface area contributed by atoms with Gasteiger partial charge in [-0.15, -0.1) is 0 Å². The Kier molecular flexibility index (Phi) is 2.80. The summed E-state index contributed by atoms with van der Waals surface area (Å²) in [5.74, 6) is 6.63. The van der Waals surface area contributed by atoms with E-state index in [-0.39, 0.29) is 5.28 Å². The Labute approximate surface area is 97.6 Å². The van der Waals surface area contributed by atoms with Crippen molar-refractivity contribution >= 4 is 28.3 Å². The Morgan fingerprint density at radius 1 is 1.38 bits per heavy atom. The number of nitrogens with one attached hydrogen (secondary N) is 1. The summed E-state index contributed by atoms with van der Waals surface area (Å²) in [6.07, 6.45) is 0. The first-order chi connectivity index (χ1) is 7.65. The molecule has 2 rings (SSSR count). The van der Waals surface area contributed by atoms with E-state index in [4.69, 9.17) is 22.2 Å².